The van der Waals surface area contributed by atoms with Crippen LogP contribution in [-0.4, -0.2) is 15.0 Å². The molecule has 0 amide bonds. The maximum atomic E-state index is 4.27. The highest BCUT2D eigenvalue weighted by Crippen LogP contribution is 2.31. The molecule has 0 saturated heterocycles. The van der Waals surface area contributed by atoms with Crippen LogP contribution in [0.3, 0.4) is 0 Å². The molecular formula is C11H19N3. The van der Waals surface area contributed by atoms with Crippen LogP contribution in [0.4, 0.5) is 0 Å². The normalized spacial score (nSPS) is 19.1. The zero-order valence-electron chi connectivity index (χ0n) is 9.11. The van der Waals surface area contributed by atoms with Gasteiger partial charge in [0.05, 0.1) is 5.69 Å². The minimum absolute atomic E-state index is 0.430. The third-order valence-electron chi connectivity index (χ3n) is 3.08. The minimum Gasteiger partial charge on any atom is -0.250 e. The zero-order valence-corrected chi connectivity index (χ0v) is 9.11. The molecule has 3 nitrogen and oxygen atoms in total. The van der Waals surface area contributed by atoms with Crippen molar-refractivity contribution in [2.24, 2.45) is 0 Å². The van der Waals surface area contributed by atoms with Gasteiger partial charge < -0.3 is 0 Å². The number of hydrogen-bond donors (Lipinski definition) is 0. The van der Waals surface area contributed by atoms with Crippen molar-refractivity contribution in [3.63, 3.8) is 0 Å². The Hall–Kier alpha value is -0.860. The molecule has 0 bridgehead atoms. The van der Waals surface area contributed by atoms with Gasteiger partial charge in [0.15, 0.2) is 0 Å². The van der Waals surface area contributed by atoms with Crippen molar-refractivity contribution in [3.05, 3.63) is 11.9 Å². The topological polar surface area (TPSA) is 30.7 Å². The fraction of sp³-hybridized carbons (Fsp3) is 0.818. The lowest BCUT2D eigenvalue weighted by molar-refractivity contribution is 0.436. The molecule has 1 fully saturated rings. The predicted molar refractivity (Wildman–Crippen MR) is 56.2 cm³/mol. The molecule has 1 aromatic heterocycles. The van der Waals surface area contributed by atoms with Gasteiger partial charge in [-0.2, -0.15) is 0 Å². The van der Waals surface area contributed by atoms with Crippen LogP contribution in [0.2, 0.25) is 0 Å². The Labute approximate surface area is 85.5 Å². The molecule has 14 heavy (non-hydrogen) atoms. The molecule has 0 aromatic carbocycles. The number of nitrogens with zero attached hydrogens (tertiary/aromatic N) is 3. The van der Waals surface area contributed by atoms with E-state index in [0.29, 0.717) is 12.0 Å². The Morgan fingerprint density at radius 1 is 1.29 bits per heavy atom. The van der Waals surface area contributed by atoms with Crippen molar-refractivity contribution in [2.75, 3.05) is 0 Å². The van der Waals surface area contributed by atoms with E-state index >= 15 is 0 Å². The molecule has 1 aromatic rings. The molecule has 0 radical (unpaired) electrons. The molecule has 1 saturated carbocycles. The van der Waals surface area contributed by atoms with Crippen LogP contribution in [0.15, 0.2) is 6.20 Å². The third-order valence-corrected chi connectivity index (χ3v) is 3.08. The summed E-state index contributed by atoms with van der Waals surface area (Å²) in [4.78, 5) is 0. The fourth-order valence-electron chi connectivity index (χ4n) is 2.13. The lowest BCUT2D eigenvalue weighted by atomic mass is 9.87. The Bertz CT molecular complexity index is 284. The monoisotopic (exact) mass is 193 g/mol. The molecule has 0 atom stereocenters. The molecule has 1 aliphatic rings. The lowest BCUT2D eigenvalue weighted by Gasteiger charge is -2.18. The van der Waals surface area contributed by atoms with Crippen LogP contribution in [0.5, 0.6) is 0 Å². The van der Waals surface area contributed by atoms with Crippen LogP contribution in [0.25, 0.3) is 0 Å². The maximum absolute atomic E-state index is 4.27. The van der Waals surface area contributed by atoms with Gasteiger partial charge in [0.1, 0.15) is 0 Å². The van der Waals surface area contributed by atoms with E-state index in [9.17, 15) is 0 Å². The first-order valence-corrected chi connectivity index (χ1v) is 5.69. The van der Waals surface area contributed by atoms with Crippen molar-refractivity contribution < 1.29 is 0 Å². The van der Waals surface area contributed by atoms with E-state index < -0.39 is 0 Å². The second-order valence-corrected chi connectivity index (χ2v) is 4.55. The van der Waals surface area contributed by atoms with E-state index in [1.54, 1.807) is 0 Å². The summed E-state index contributed by atoms with van der Waals surface area (Å²) in [7, 11) is 0. The van der Waals surface area contributed by atoms with Crippen LogP contribution in [0.1, 0.15) is 63.6 Å². The predicted octanol–water partition coefficient (Wildman–Crippen LogP) is 2.91. The minimum atomic E-state index is 0.430. The van der Waals surface area contributed by atoms with Gasteiger partial charge in [0, 0.05) is 18.2 Å². The van der Waals surface area contributed by atoms with Gasteiger partial charge in [-0.15, -0.1) is 5.10 Å². The van der Waals surface area contributed by atoms with Crippen LogP contribution >= 0.6 is 0 Å². The summed E-state index contributed by atoms with van der Waals surface area (Å²) in [6, 6.07) is 0.430. The highest BCUT2D eigenvalue weighted by atomic mass is 15.4. The highest BCUT2D eigenvalue weighted by Gasteiger charge is 2.18. The highest BCUT2D eigenvalue weighted by molar-refractivity contribution is 5.03. The number of hydrogen-bond acceptors (Lipinski definition) is 2. The van der Waals surface area contributed by atoms with E-state index in [0.717, 1.165) is 0 Å². The van der Waals surface area contributed by atoms with E-state index in [-0.39, 0.29) is 0 Å². The van der Waals surface area contributed by atoms with Gasteiger partial charge in [-0.3, -0.25) is 0 Å². The van der Waals surface area contributed by atoms with E-state index in [4.69, 9.17) is 0 Å². The lowest BCUT2D eigenvalue weighted by Crippen LogP contribution is -2.04. The Balaban J connectivity index is 2.07. The van der Waals surface area contributed by atoms with Crippen molar-refractivity contribution in [1.29, 1.82) is 0 Å². The summed E-state index contributed by atoms with van der Waals surface area (Å²) in [5.74, 6) is 0.677. The summed E-state index contributed by atoms with van der Waals surface area (Å²) < 4.78 is 1.96. The summed E-state index contributed by atoms with van der Waals surface area (Å²) in [6.45, 7) is 4.28. The molecule has 1 aliphatic carbocycles. The first-order chi connectivity index (χ1) is 6.77. The third kappa shape index (κ3) is 1.97. The van der Waals surface area contributed by atoms with E-state index in [1.165, 1.54) is 37.8 Å². The Kier molecular flexibility index (Phi) is 2.85. The molecule has 0 N–H and O–H groups in total. The van der Waals surface area contributed by atoms with Crippen LogP contribution < -0.4 is 0 Å². The Morgan fingerprint density at radius 3 is 2.57 bits per heavy atom. The Morgan fingerprint density at radius 2 is 2.00 bits per heavy atom. The first kappa shape index (κ1) is 9.69. The quantitative estimate of drug-likeness (QED) is 0.723. The van der Waals surface area contributed by atoms with Gasteiger partial charge in [-0.1, -0.05) is 24.5 Å². The summed E-state index contributed by atoms with van der Waals surface area (Å²) in [5.41, 5.74) is 1.21. The van der Waals surface area contributed by atoms with Crippen molar-refractivity contribution in [1.82, 2.24) is 15.0 Å². The second-order valence-electron chi connectivity index (χ2n) is 4.55. The second kappa shape index (κ2) is 4.11. The van der Waals surface area contributed by atoms with Gasteiger partial charge in [0.25, 0.3) is 0 Å². The van der Waals surface area contributed by atoms with Crippen LogP contribution in [0, 0.1) is 0 Å². The summed E-state index contributed by atoms with van der Waals surface area (Å²) in [6.07, 6.45) is 8.85. The largest absolute Gasteiger partial charge is 0.250 e. The first-order valence-electron chi connectivity index (χ1n) is 5.69. The molecule has 1 heterocycles. The molecular weight excluding hydrogens is 174 g/mol. The van der Waals surface area contributed by atoms with Crippen molar-refractivity contribution in [3.8, 4) is 0 Å². The van der Waals surface area contributed by atoms with Gasteiger partial charge in [0.2, 0.25) is 0 Å². The van der Waals surface area contributed by atoms with Crippen LogP contribution in [-0.2, 0) is 0 Å². The van der Waals surface area contributed by atoms with Crippen molar-refractivity contribution >= 4 is 0 Å². The molecule has 0 aliphatic heterocycles. The number of rotatable bonds is 2. The fourth-order valence-corrected chi connectivity index (χ4v) is 2.13. The smallest absolute Gasteiger partial charge is 0.0858 e. The molecule has 3 heteroatoms. The molecule has 0 spiro atoms. The maximum Gasteiger partial charge on any atom is 0.0858 e. The SMILES string of the molecule is CC(C)n1cc(C2CCCCC2)nn1. The van der Waals surface area contributed by atoms with E-state index in [2.05, 4.69) is 30.4 Å². The average molecular weight is 193 g/mol. The average Bonchev–Trinajstić information content (AvgIpc) is 2.68. The van der Waals surface area contributed by atoms with E-state index in [1.807, 2.05) is 4.68 Å². The number of aromatic nitrogens is 3. The van der Waals surface area contributed by atoms with Gasteiger partial charge >= 0.3 is 0 Å². The summed E-state index contributed by atoms with van der Waals surface area (Å²) in [5, 5.41) is 8.43. The summed E-state index contributed by atoms with van der Waals surface area (Å²) >= 11 is 0. The molecule has 2 rings (SSSR count). The van der Waals surface area contributed by atoms with Crippen molar-refractivity contribution in [2.45, 2.75) is 57.9 Å². The standard InChI is InChI=1S/C11H19N3/c1-9(2)14-8-11(12-13-14)10-6-4-3-5-7-10/h8-10H,3-7H2,1-2H3. The molecule has 78 valence electrons. The zero-order chi connectivity index (χ0) is 9.97. The molecule has 0 unspecified atom stereocenters. The van der Waals surface area contributed by atoms with Gasteiger partial charge in [-0.05, 0) is 26.7 Å². The van der Waals surface area contributed by atoms with Gasteiger partial charge in [-0.25, -0.2) is 4.68 Å².